The molecule has 0 saturated carbocycles. The first kappa shape index (κ1) is 18.2. The average Bonchev–Trinajstić information content (AvgIpc) is 2.43. The van der Waals surface area contributed by atoms with Crippen molar-refractivity contribution >= 4 is 5.94 Å². The van der Waals surface area contributed by atoms with Crippen molar-refractivity contribution in [3.8, 4) is 0 Å². The smallest absolute Gasteiger partial charge is 0.120 e. The van der Waals surface area contributed by atoms with E-state index >= 15 is 0 Å². The lowest BCUT2D eigenvalue weighted by molar-refractivity contribution is 0.558. The van der Waals surface area contributed by atoms with E-state index in [1.54, 1.807) is 6.08 Å². The molecule has 0 radical (unpaired) electrons. The van der Waals surface area contributed by atoms with Crippen molar-refractivity contribution in [1.29, 1.82) is 0 Å². The van der Waals surface area contributed by atoms with Gasteiger partial charge >= 0.3 is 0 Å². The SMILES string of the molecule is CCCC=CCCCCCCCCCCCC=C=O. The minimum absolute atomic E-state index is 0.912. The molecule has 1 heteroatoms. The van der Waals surface area contributed by atoms with Gasteiger partial charge in [-0.1, -0.05) is 70.4 Å². The molecule has 0 spiro atoms. The molecule has 0 unspecified atom stereocenters. The predicted octanol–water partition coefficient (Wildman–Crippen LogP) is 6.02. The van der Waals surface area contributed by atoms with Crippen LogP contribution in [0, 0.1) is 0 Å². The fourth-order valence-corrected chi connectivity index (χ4v) is 2.21. The van der Waals surface area contributed by atoms with Crippen LogP contribution in [0.1, 0.15) is 90.4 Å². The third-order valence-electron chi connectivity index (χ3n) is 3.42. The Bertz CT molecular complexity index is 236. The van der Waals surface area contributed by atoms with E-state index in [4.69, 9.17) is 0 Å². The molecule has 0 aromatic heterocycles. The molecule has 110 valence electrons. The van der Waals surface area contributed by atoms with E-state index < -0.39 is 0 Å². The van der Waals surface area contributed by atoms with Crippen LogP contribution >= 0.6 is 0 Å². The zero-order valence-corrected chi connectivity index (χ0v) is 12.8. The molecule has 1 nitrogen and oxygen atoms in total. The number of hydrogen-bond donors (Lipinski definition) is 0. The van der Waals surface area contributed by atoms with E-state index in [2.05, 4.69) is 19.1 Å². The molecule has 0 bridgehead atoms. The number of allylic oxidation sites excluding steroid dienone is 3. The van der Waals surface area contributed by atoms with Crippen molar-refractivity contribution in [3.05, 3.63) is 18.2 Å². The van der Waals surface area contributed by atoms with Gasteiger partial charge in [-0.05, 0) is 38.2 Å². The van der Waals surface area contributed by atoms with Crippen LogP contribution in [0.2, 0.25) is 0 Å². The van der Waals surface area contributed by atoms with E-state index in [0.717, 1.165) is 12.8 Å². The Morgan fingerprint density at radius 2 is 1.16 bits per heavy atom. The van der Waals surface area contributed by atoms with Gasteiger partial charge in [0.25, 0.3) is 0 Å². The summed E-state index contributed by atoms with van der Waals surface area (Å²) in [5.74, 6) is 1.83. The fourth-order valence-electron chi connectivity index (χ4n) is 2.21. The van der Waals surface area contributed by atoms with E-state index in [9.17, 15) is 4.79 Å². The van der Waals surface area contributed by atoms with E-state index in [-0.39, 0.29) is 0 Å². The molecular weight excluding hydrogens is 232 g/mol. The number of hydrogen-bond acceptors (Lipinski definition) is 1. The topological polar surface area (TPSA) is 17.1 Å². The van der Waals surface area contributed by atoms with Gasteiger partial charge in [0.05, 0.1) is 0 Å². The largest absolute Gasteiger partial charge is 0.234 e. The molecule has 19 heavy (non-hydrogen) atoms. The van der Waals surface area contributed by atoms with E-state index in [1.807, 2.05) is 5.94 Å². The van der Waals surface area contributed by atoms with Crippen LogP contribution < -0.4 is 0 Å². The van der Waals surface area contributed by atoms with E-state index in [0.29, 0.717) is 0 Å². The van der Waals surface area contributed by atoms with Crippen LogP contribution in [0.3, 0.4) is 0 Å². The average molecular weight is 264 g/mol. The lowest BCUT2D eigenvalue weighted by atomic mass is 10.1. The monoisotopic (exact) mass is 264 g/mol. The molecule has 0 N–H and O–H groups in total. The van der Waals surface area contributed by atoms with Crippen LogP contribution in [0.25, 0.3) is 0 Å². The molecule has 0 aromatic carbocycles. The molecule has 0 aliphatic carbocycles. The van der Waals surface area contributed by atoms with Crippen molar-refractivity contribution in [2.24, 2.45) is 0 Å². The van der Waals surface area contributed by atoms with Crippen LogP contribution in [-0.2, 0) is 4.79 Å². The highest BCUT2D eigenvalue weighted by Gasteiger charge is 1.92. The molecule has 0 rings (SSSR count). The van der Waals surface area contributed by atoms with Gasteiger partial charge in [-0.2, -0.15) is 0 Å². The molecule has 0 saturated heterocycles. The van der Waals surface area contributed by atoms with Crippen LogP contribution in [0.5, 0.6) is 0 Å². The molecule has 0 amide bonds. The Morgan fingerprint density at radius 3 is 1.68 bits per heavy atom. The van der Waals surface area contributed by atoms with Crippen LogP contribution in [0.4, 0.5) is 0 Å². The zero-order valence-electron chi connectivity index (χ0n) is 12.8. The first-order valence-electron chi connectivity index (χ1n) is 8.26. The van der Waals surface area contributed by atoms with Crippen LogP contribution in [0.15, 0.2) is 18.2 Å². The second kappa shape index (κ2) is 17.2. The molecule has 0 fully saturated rings. The second-order valence-corrected chi connectivity index (χ2v) is 5.34. The van der Waals surface area contributed by atoms with Gasteiger partial charge in [0, 0.05) is 0 Å². The quantitative estimate of drug-likeness (QED) is 0.213. The van der Waals surface area contributed by atoms with Crippen molar-refractivity contribution in [2.75, 3.05) is 0 Å². The third kappa shape index (κ3) is 17.2. The molecular formula is C18H32O. The van der Waals surface area contributed by atoms with Crippen molar-refractivity contribution in [3.63, 3.8) is 0 Å². The summed E-state index contributed by atoms with van der Waals surface area (Å²) >= 11 is 0. The van der Waals surface area contributed by atoms with Gasteiger partial charge in [0.1, 0.15) is 5.94 Å². The lowest BCUT2D eigenvalue weighted by Gasteiger charge is -2.01. The Morgan fingerprint density at radius 1 is 0.684 bits per heavy atom. The van der Waals surface area contributed by atoms with Crippen LogP contribution in [-0.4, -0.2) is 5.94 Å². The fraction of sp³-hybridized carbons (Fsp3) is 0.778. The summed E-state index contributed by atoms with van der Waals surface area (Å²) < 4.78 is 0. The molecule has 0 aliphatic rings. The van der Waals surface area contributed by atoms with Gasteiger partial charge in [0.2, 0.25) is 0 Å². The highest BCUT2D eigenvalue weighted by Crippen LogP contribution is 2.11. The summed E-state index contributed by atoms with van der Waals surface area (Å²) in [5, 5.41) is 0. The third-order valence-corrected chi connectivity index (χ3v) is 3.42. The van der Waals surface area contributed by atoms with Gasteiger partial charge < -0.3 is 0 Å². The van der Waals surface area contributed by atoms with Gasteiger partial charge in [-0.15, -0.1) is 0 Å². The highest BCUT2D eigenvalue weighted by molar-refractivity contribution is 5.44. The Kier molecular flexibility index (Phi) is 16.5. The first-order valence-corrected chi connectivity index (χ1v) is 8.26. The molecule has 0 atom stereocenters. The van der Waals surface area contributed by atoms with Crippen molar-refractivity contribution in [1.82, 2.24) is 0 Å². The summed E-state index contributed by atoms with van der Waals surface area (Å²) in [6, 6.07) is 0. The predicted molar refractivity (Wildman–Crippen MR) is 85.1 cm³/mol. The van der Waals surface area contributed by atoms with Crippen molar-refractivity contribution < 1.29 is 4.79 Å². The molecule has 0 heterocycles. The lowest BCUT2D eigenvalue weighted by Crippen LogP contribution is -1.81. The number of rotatable bonds is 14. The summed E-state index contributed by atoms with van der Waals surface area (Å²) in [6.45, 7) is 2.23. The minimum atomic E-state index is 0.912. The first-order chi connectivity index (χ1) is 9.41. The van der Waals surface area contributed by atoms with Gasteiger partial charge in [-0.25, -0.2) is 4.79 Å². The Balaban J connectivity index is 3.00. The number of unbranched alkanes of at least 4 members (excludes halogenated alkanes) is 11. The molecule has 0 aliphatic heterocycles. The minimum Gasteiger partial charge on any atom is -0.234 e. The summed E-state index contributed by atoms with van der Waals surface area (Å²) in [7, 11) is 0. The normalized spacial score (nSPS) is 10.8. The summed E-state index contributed by atoms with van der Waals surface area (Å²) in [5.41, 5.74) is 0. The van der Waals surface area contributed by atoms with Gasteiger partial charge in [0.15, 0.2) is 0 Å². The van der Waals surface area contributed by atoms with E-state index in [1.165, 1.54) is 70.6 Å². The summed E-state index contributed by atoms with van der Waals surface area (Å²) in [6.07, 6.45) is 23.0. The maximum atomic E-state index is 9.95. The highest BCUT2D eigenvalue weighted by atomic mass is 16.1. The summed E-state index contributed by atoms with van der Waals surface area (Å²) in [4.78, 5) is 9.95. The van der Waals surface area contributed by atoms with Crippen molar-refractivity contribution in [2.45, 2.75) is 90.4 Å². The number of carbonyl (C=O) groups excluding carboxylic acids is 1. The van der Waals surface area contributed by atoms with Gasteiger partial charge in [-0.3, -0.25) is 0 Å². The standard InChI is InChI=1S/C18H32O/c1-2-3-4-5-6-7-8-9-10-11-12-13-14-15-16-17-18-19/h4-5,17H,2-3,6-16H2,1H3. The molecule has 0 aromatic rings. The maximum Gasteiger partial charge on any atom is 0.120 e. The Hall–Kier alpha value is -0.810. The Labute approximate surface area is 120 Å². The zero-order chi connectivity index (χ0) is 14.0. The second-order valence-electron chi connectivity index (χ2n) is 5.34. The maximum absolute atomic E-state index is 9.95.